The number of aryl methyl sites for hydroxylation is 1. The number of methoxy groups -OCH3 is 1. The Bertz CT molecular complexity index is 871. The van der Waals surface area contributed by atoms with Gasteiger partial charge in [0.15, 0.2) is 0 Å². The van der Waals surface area contributed by atoms with Crippen molar-refractivity contribution < 1.29 is 19.4 Å². The molecule has 0 radical (unpaired) electrons. The van der Waals surface area contributed by atoms with Crippen LogP contribution < -0.4 is 0 Å². The molecular weight excluding hydrogens is 370 g/mol. The molecule has 7 nitrogen and oxygen atoms in total. The van der Waals surface area contributed by atoms with Crippen LogP contribution in [0.25, 0.3) is 5.69 Å². The molecule has 2 heterocycles. The number of rotatable bonds is 7. The summed E-state index contributed by atoms with van der Waals surface area (Å²) in [6.07, 6.45) is 2.64. The van der Waals surface area contributed by atoms with Crippen molar-refractivity contribution in [2.75, 3.05) is 26.8 Å². The number of carboxylic acids is 1. The van der Waals surface area contributed by atoms with E-state index in [0.717, 1.165) is 48.6 Å². The highest BCUT2D eigenvalue weighted by Gasteiger charge is 2.24. The number of hydrogen-bond donors (Lipinski definition) is 1. The number of likely N-dealkylation sites (tertiary alicyclic amines) is 1. The predicted octanol–water partition coefficient (Wildman–Crippen LogP) is 3.00. The van der Waals surface area contributed by atoms with Crippen LogP contribution in [-0.4, -0.2) is 58.5 Å². The molecule has 1 aliphatic heterocycles. The van der Waals surface area contributed by atoms with E-state index in [1.54, 1.807) is 7.11 Å². The number of nitrogens with zero attached hydrogens (tertiary/aromatic N) is 3. The molecule has 1 atom stereocenters. The molecular formula is C22H29N3O4. The Morgan fingerprint density at radius 1 is 1.24 bits per heavy atom. The van der Waals surface area contributed by atoms with E-state index in [2.05, 4.69) is 5.10 Å². The smallest absolute Gasteiger partial charge is 0.303 e. The quantitative estimate of drug-likeness (QED) is 0.774. The Labute approximate surface area is 171 Å². The summed E-state index contributed by atoms with van der Waals surface area (Å²) in [5.74, 6) is -0.367. The van der Waals surface area contributed by atoms with E-state index >= 15 is 0 Å². The molecule has 7 heteroatoms. The summed E-state index contributed by atoms with van der Waals surface area (Å²) in [4.78, 5) is 25.7. The standard InChI is InChI=1S/C22H29N3O4/c1-15-20(10-11-21(26)27)16(2)25(23-15)19-8-6-18(7-9-19)22(28)24-12-4-5-17(13-24)14-29-3/h6-9,17H,4-5,10-14H2,1-3H3,(H,26,27). The highest BCUT2D eigenvalue weighted by atomic mass is 16.5. The summed E-state index contributed by atoms with van der Waals surface area (Å²) in [5, 5.41) is 13.5. The van der Waals surface area contributed by atoms with Gasteiger partial charge in [-0.2, -0.15) is 5.10 Å². The molecule has 29 heavy (non-hydrogen) atoms. The van der Waals surface area contributed by atoms with Gasteiger partial charge in [-0.1, -0.05) is 0 Å². The molecule has 0 spiro atoms. The fourth-order valence-electron chi connectivity index (χ4n) is 4.07. The molecule has 1 aromatic carbocycles. The lowest BCUT2D eigenvalue weighted by molar-refractivity contribution is -0.136. The Morgan fingerprint density at radius 2 is 1.97 bits per heavy atom. The number of benzene rings is 1. The number of piperidine rings is 1. The maximum atomic E-state index is 12.9. The molecule has 1 amide bonds. The zero-order chi connectivity index (χ0) is 21.0. The molecule has 1 fully saturated rings. The fraction of sp³-hybridized carbons (Fsp3) is 0.500. The Kier molecular flexibility index (Phi) is 6.69. The highest BCUT2D eigenvalue weighted by molar-refractivity contribution is 5.94. The van der Waals surface area contributed by atoms with Crippen LogP contribution in [0.2, 0.25) is 0 Å². The van der Waals surface area contributed by atoms with Crippen molar-refractivity contribution in [1.82, 2.24) is 14.7 Å². The monoisotopic (exact) mass is 399 g/mol. The number of carbonyl (C=O) groups is 2. The van der Waals surface area contributed by atoms with Gasteiger partial charge in [0.1, 0.15) is 0 Å². The molecule has 1 saturated heterocycles. The topological polar surface area (TPSA) is 84.7 Å². The largest absolute Gasteiger partial charge is 0.481 e. The maximum absolute atomic E-state index is 12.9. The van der Waals surface area contributed by atoms with Crippen LogP contribution in [0.15, 0.2) is 24.3 Å². The van der Waals surface area contributed by atoms with E-state index in [1.807, 2.05) is 47.7 Å². The lowest BCUT2D eigenvalue weighted by atomic mass is 9.98. The van der Waals surface area contributed by atoms with E-state index in [-0.39, 0.29) is 12.3 Å². The second-order valence-corrected chi connectivity index (χ2v) is 7.72. The molecule has 3 rings (SSSR count). The van der Waals surface area contributed by atoms with Crippen molar-refractivity contribution in [2.24, 2.45) is 5.92 Å². The molecule has 0 bridgehead atoms. The van der Waals surface area contributed by atoms with E-state index in [0.29, 0.717) is 24.5 Å². The van der Waals surface area contributed by atoms with Gasteiger partial charge in [-0.05, 0) is 68.9 Å². The summed E-state index contributed by atoms with van der Waals surface area (Å²) in [7, 11) is 1.70. The zero-order valence-corrected chi connectivity index (χ0v) is 17.4. The van der Waals surface area contributed by atoms with Crippen molar-refractivity contribution in [3.8, 4) is 5.69 Å². The van der Waals surface area contributed by atoms with Crippen molar-refractivity contribution in [1.29, 1.82) is 0 Å². The van der Waals surface area contributed by atoms with Crippen molar-refractivity contribution in [3.05, 3.63) is 46.8 Å². The predicted molar refractivity (Wildman–Crippen MR) is 109 cm³/mol. The molecule has 0 saturated carbocycles. The van der Waals surface area contributed by atoms with Gasteiger partial charge in [-0.15, -0.1) is 0 Å². The van der Waals surface area contributed by atoms with Gasteiger partial charge in [-0.25, -0.2) is 4.68 Å². The average molecular weight is 399 g/mol. The minimum atomic E-state index is -0.815. The molecule has 156 valence electrons. The molecule has 1 aliphatic rings. The number of hydrogen-bond acceptors (Lipinski definition) is 4. The second-order valence-electron chi connectivity index (χ2n) is 7.72. The van der Waals surface area contributed by atoms with Gasteiger partial charge >= 0.3 is 5.97 Å². The number of amides is 1. The number of ether oxygens (including phenoxy) is 1. The number of carbonyl (C=O) groups excluding carboxylic acids is 1. The fourth-order valence-corrected chi connectivity index (χ4v) is 4.07. The Balaban J connectivity index is 1.74. The number of aromatic nitrogens is 2. The van der Waals surface area contributed by atoms with Crippen molar-refractivity contribution in [2.45, 2.75) is 39.5 Å². The van der Waals surface area contributed by atoms with Crippen LogP contribution in [0.5, 0.6) is 0 Å². The van der Waals surface area contributed by atoms with E-state index in [4.69, 9.17) is 9.84 Å². The minimum absolute atomic E-state index is 0.0490. The molecule has 1 aromatic heterocycles. The number of carboxylic acid groups (broad SMARTS) is 1. The van der Waals surface area contributed by atoms with E-state index < -0.39 is 5.97 Å². The van der Waals surface area contributed by atoms with Gasteiger partial charge in [0.25, 0.3) is 5.91 Å². The molecule has 2 aromatic rings. The summed E-state index contributed by atoms with van der Waals surface area (Å²) in [5.41, 5.74) is 4.26. The van der Waals surface area contributed by atoms with Crippen molar-refractivity contribution in [3.63, 3.8) is 0 Å². The second kappa shape index (κ2) is 9.22. The van der Waals surface area contributed by atoms with Crippen molar-refractivity contribution >= 4 is 11.9 Å². The first-order valence-electron chi connectivity index (χ1n) is 10.1. The normalized spacial score (nSPS) is 16.8. The SMILES string of the molecule is COCC1CCCN(C(=O)c2ccc(-n3nc(C)c(CCC(=O)O)c3C)cc2)C1. The zero-order valence-electron chi connectivity index (χ0n) is 17.4. The molecule has 0 aliphatic carbocycles. The Hall–Kier alpha value is -2.67. The van der Waals surface area contributed by atoms with E-state index in [1.165, 1.54) is 0 Å². The summed E-state index contributed by atoms with van der Waals surface area (Å²) in [6, 6.07) is 7.46. The first-order valence-corrected chi connectivity index (χ1v) is 10.1. The third kappa shape index (κ3) is 4.85. The highest BCUT2D eigenvalue weighted by Crippen LogP contribution is 2.22. The van der Waals surface area contributed by atoms with Gasteiger partial charge in [0, 0.05) is 37.9 Å². The summed E-state index contributed by atoms with van der Waals surface area (Å²) in [6.45, 7) is 6.04. The third-order valence-corrected chi connectivity index (χ3v) is 5.60. The molecule has 1 N–H and O–H groups in total. The lowest BCUT2D eigenvalue weighted by Crippen LogP contribution is -2.41. The van der Waals surface area contributed by atoms with Crippen LogP contribution in [0, 0.1) is 19.8 Å². The van der Waals surface area contributed by atoms with Crippen LogP contribution in [-0.2, 0) is 16.0 Å². The van der Waals surface area contributed by atoms with Gasteiger partial charge in [-0.3, -0.25) is 9.59 Å². The van der Waals surface area contributed by atoms with Gasteiger partial charge in [0.05, 0.1) is 18.0 Å². The molecule has 1 unspecified atom stereocenters. The first kappa shape index (κ1) is 21.0. The number of aliphatic carboxylic acids is 1. The summed E-state index contributed by atoms with van der Waals surface area (Å²) < 4.78 is 7.07. The van der Waals surface area contributed by atoms with Crippen LogP contribution >= 0.6 is 0 Å². The Morgan fingerprint density at radius 3 is 2.62 bits per heavy atom. The van der Waals surface area contributed by atoms with Crippen LogP contribution in [0.1, 0.15) is 46.6 Å². The first-order chi connectivity index (χ1) is 13.9. The maximum Gasteiger partial charge on any atom is 0.303 e. The van der Waals surface area contributed by atoms with Crippen LogP contribution in [0.4, 0.5) is 0 Å². The van der Waals surface area contributed by atoms with Gasteiger partial charge < -0.3 is 14.7 Å². The minimum Gasteiger partial charge on any atom is -0.481 e. The van der Waals surface area contributed by atoms with Crippen LogP contribution in [0.3, 0.4) is 0 Å². The summed E-state index contributed by atoms with van der Waals surface area (Å²) >= 11 is 0. The van der Waals surface area contributed by atoms with E-state index in [9.17, 15) is 9.59 Å². The third-order valence-electron chi connectivity index (χ3n) is 5.60. The lowest BCUT2D eigenvalue weighted by Gasteiger charge is -2.32. The van der Waals surface area contributed by atoms with Gasteiger partial charge in [0.2, 0.25) is 0 Å². The average Bonchev–Trinajstić information content (AvgIpc) is 3.00.